The first-order chi connectivity index (χ1) is 7.32. The van der Waals surface area contributed by atoms with Gasteiger partial charge in [-0.2, -0.15) is 13.2 Å². The molecule has 0 bridgehead atoms. The van der Waals surface area contributed by atoms with Crippen LogP contribution in [0.2, 0.25) is 0 Å². The Balaban J connectivity index is 2.69. The molecular formula is C10H16F3NO2. The fourth-order valence-corrected chi connectivity index (χ4v) is 1.62. The highest BCUT2D eigenvalue weighted by Crippen LogP contribution is 2.21. The fraction of sp³-hybridized carbons (Fsp3) is 0.900. The normalized spacial score (nSPS) is 23.4. The van der Waals surface area contributed by atoms with Gasteiger partial charge in [0.05, 0.1) is 6.10 Å². The van der Waals surface area contributed by atoms with Crippen molar-refractivity contribution in [2.24, 2.45) is 5.92 Å². The van der Waals surface area contributed by atoms with Crippen LogP contribution in [0.3, 0.4) is 0 Å². The number of hydrogen-bond donors (Lipinski definition) is 0. The quantitative estimate of drug-likeness (QED) is 0.698. The Morgan fingerprint density at radius 1 is 1.44 bits per heavy atom. The molecule has 1 heterocycles. The van der Waals surface area contributed by atoms with Crippen molar-refractivity contribution in [1.29, 1.82) is 0 Å². The van der Waals surface area contributed by atoms with Crippen molar-refractivity contribution in [3.8, 4) is 0 Å². The number of nitrogens with zero attached hydrogens (tertiary/aromatic N) is 1. The molecule has 3 nitrogen and oxygen atoms in total. The van der Waals surface area contributed by atoms with Crippen molar-refractivity contribution >= 4 is 5.91 Å². The van der Waals surface area contributed by atoms with Gasteiger partial charge < -0.3 is 9.64 Å². The molecule has 94 valence electrons. The second-order valence-electron chi connectivity index (χ2n) is 4.26. The summed E-state index contributed by atoms with van der Waals surface area (Å²) in [7, 11) is 0. The number of ether oxygens (including phenoxy) is 1. The first-order valence-electron chi connectivity index (χ1n) is 5.30. The van der Waals surface area contributed by atoms with Crippen molar-refractivity contribution in [2.75, 3.05) is 19.7 Å². The summed E-state index contributed by atoms with van der Waals surface area (Å²) in [6, 6.07) is 0. The van der Waals surface area contributed by atoms with E-state index in [1.807, 2.05) is 13.8 Å². The van der Waals surface area contributed by atoms with E-state index in [0.29, 0.717) is 13.0 Å². The van der Waals surface area contributed by atoms with E-state index in [2.05, 4.69) is 0 Å². The molecule has 0 radical (unpaired) electrons. The first kappa shape index (κ1) is 13.3. The van der Waals surface area contributed by atoms with Crippen LogP contribution in [-0.4, -0.2) is 42.8 Å². The van der Waals surface area contributed by atoms with Gasteiger partial charge in [0.25, 0.3) is 0 Å². The van der Waals surface area contributed by atoms with Gasteiger partial charge in [0.1, 0.15) is 0 Å². The Bertz CT molecular complexity index is 253. The van der Waals surface area contributed by atoms with Crippen molar-refractivity contribution in [3.05, 3.63) is 0 Å². The molecule has 1 aliphatic heterocycles. The van der Waals surface area contributed by atoms with E-state index in [-0.39, 0.29) is 25.1 Å². The Kier molecular flexibility index (Phi) is 4.18. The summed E-state index contributed by atoms with van der Waals surface area (Å²) in [6.07, 6.45) is -4.65. The van der Waals surface area contributed by atoms with E-state index in [0.717, 1.165) is 4.90 Å². The third-order valence-electron chi connectivity index (χ3n) is 2.58. The summed E-state index contributed by atoms with van der Waals surface area (Å²) in [4.78, 5) is 11.9. The summed E-state index contributed by atoms with van der Waals surface area (Å²) in [5.41, 5.74) is 0. The minimum Gasteiger partial charge on any atom is -0.376 e. The van der Waals surface area contributed by atoms with E-state index >= 15 is 0 Å². The highest BCUT2D eigenvalue weighted by Gasteiger charge is 2.43. The molecule has 1 saturated heterocycles. The molecular weight excluding hydrogens is 223 g/mol. The molecule has 0 saturated carbocycles. The van der Waals surface area contributed by atoms with Crippen LogP contribution in [0.5, 0.6) is 0 Å². The number of amides is 1. The lowest BCUT2D eigenvalue weighted by Crippen LogP contribution is -2.45. The van der Waals surface area contributed by atoms with Gasteiger partial charge in [-0.25, -0.2) is 0 Å². The average molecular weight is 239 g/mol. The lowest BCUT2D eigenvalue weighted by molar-refractivity contribution is -0.186. The highest BCUT2D eigenvalue weighted by atomic mass is 19.4. The minimum atomic E-state index is -4.79. The Morgan fingerprint density at radius 3 is 2.56 bits per heavy atom. The van der Waals surface area contributed by atoms with Crippen LogP contribution in [0.25, 0.3) is 0 Å². The van der Waals surface area contributed by atoms with Gasteiger partial charge in [0.15, 0.2) is 0 Å². The summed E-state index contributed by atoms with van der Waals surface area (Å²) >= 11 is 0. The monoisotopic (exact) mass is 239 g/mol. The lowest BCUT2D eigenvalue weighted by atomic mass is 10.1. The van der Waals surface area contributed by atoms with Crippen molar-refractivity contribution in [3.63, 3.8) is 0 Å². The zero-order valence-electron chi connectivity index (χ0n) is 9.38. The molecule has 6 heteroatoms. The van der Waals surface area contributed by atoms with Gasteiger partial charge in [-0.05, 0) is 12.3 Å². The fourth-order valence-electron chi connectivity index (χ4n) is 1.62. The molecule has 0 aromatic carbocycles. The van der Waals surface area contributed by atoms with Crippen molar-refractivity contribution in [2.45, 2.75) is 32.5 Å². The van der Waals surface area contributed by atoms with E-state index in [9.17, 15) is 18.0 Å². The minimum absolute atomic E-state index is 0.0238. The molecule has 1 atom stereocenters. The van der Waals surface area contributed by atoms with Gasteiger partial charge in [-0.3, -0.25) is 4.79 Å². The number of alkyl halides is 3. The molecule has 1 unspecified atom stereocenters. The molecule has 1 fully saturated rings. The van der Waals surface area contributed by atoms with Crippen LogP contribution >= 0.6 is 0 Å². The predicted molar refractivity (Wildman–Crippen MR) is 51.8 cm³/mol. The first-order valence-corrected chi connectivity index (χ1v) is 5.30. The Labute approximate surface area is 92.5 Å². The molecule has 1 aliphatic rings. The largest absolute Gasteiger partial charge is 0.471 e. The summed E-state index contributed by atoms with van der Waals surface area (Å²) in [6.45, 7) is 4.28. The van der Waals surface area contributed by atoms with E-state index < -0.39 is 12.1 Å². The molecule has 0 aliphatic carbocycles. The molecule has 1 amide bonds. The topological polar surface area (TPSA) is 29.5 Å². The van der Waals surface area contributed by atoms with Gasteiger partial charge in [-0.1, -0.05) is 13.8 Å². The van der Waals surface area contributed by atoms with Crippen LogP contribution in [0.15, 0.2) is 0 Å². The molecule has 0 aromatic rings. The predicted octanol–water partition coefficient (Wildman–Crippen LogP) is 1.82. The van der Waals surface area contributed by atoms with Crippen LogP contribution in [-0.2, 0) is 9.53 Å². The van der Waals surface area contributed by atoms with Crippen LogP contribution in [0, 0.1) is 5.92 Å². The van der Waals surface area contributed by atoms with Gasteiger partial charge >= 0.3 is 12.1 Å². The summed E-state index contributed by atoms with van der Waals surface area (Å²) in [5, 5.41) is 0. The number of carbonyl (C=O) groups is 1. The molecule has 1 rings (SSSR count). The second-order valence-corrected chi connectivity index (χ2v) is 4.26. The molecule has 0 spiro atoms. The maximum Gasteiger partial charge on any atom is 0.471 e. The lowest BCUT2D eigenvalue weighted by Gasteiger charge is -2.26. The molecule has 16 heavy (non-hydrogen) atoms. The van der Waals surface area contributed by atoms with Crippen molar-refractivity contribution in [1.82, 2.24) is 4.90 Å². The van der Waals surface area contributed by atoms with Crippen LogP contribution < -0.4 is 0 Å². The molecule has 0 aromatic heterocycles. The number of hydrogen-bond acceptors (Lipinski definition) is 2. The average Bonchev–Trinajstić information content (AvgIpc) is 2.40. The van der Waals surface area contributed by atoms with Crippen LogP contribution in [0.1, 0.15) is 20.3 Å². The SMILES string of the molecule is CC(C)C1CN(C(=O)C(F)(F)F)CCCO1. The summed E-state index contributed by atoms with van der Waals surface area (Å²) in [5.74, 6) is -1.66. The van der Waals surface area contributed by atoms with Crippen LogP contribution in [0.4, 0.5) is 13.2 Å². The van der Waals surface area contributed by atoms with Gasteiger partial charge in [-0.15, -0.1) is 0 Å². The third kappa shape index (κ3) is 3.37. The van der Waals surface area contributed by atoms with E-state index in [4.69, 9.17) is 4.74 Å². The zero-order chi connectivity index (χ0) is 12.3. The van der Waals surface area contributed by atoms with Gasteiger partial charge in [0, 0.05) is 19.7 Å². The Hall–Kier alpha value is -0.780. The van der Waals surface area contributed by atoms with Crippen molar-refractivity contribution < 1.29 is 22.7 Å². The number of halogens is 3. The number of carbonyl (C=O) groups excluding carboxylic acids is 1. The molecule has 0 N–H and O–H groups in total. The summed E-state index contributed by atoms with van der Waals surface area (Å²) < 4.78 is 42.2. The Morgan fingerprint density at radius 2 is 2.06 bits per heavy atom. The highest BCUT2D eigenvalue weighted by molar-refractivity contribution is 5.81. The maximum atomic E-state index is 12.3. The standard InChI is InChI=1S/C10H16F3NO2/c1-7(2)8-6-14(4-3-5-16-8)9(15)10(11,12)13/h7-8H,3-6H2,1-2H3. The second kappa shape index (κ2) is 5.03. The smallest absolute Gasteiger partial charge is 0.376 e. The van der Waals surface area contributed by atoms with E-state index in [1.165, 1.54) is 0 Å². The van der Waals surface area contributed by atoms with Gasteiger partial charge in [0.2, 0.25) is 0 Å². The maximum absolute atomic E-state index is 12.3. The number of rotatable bonds is 1. The third-order valence-corrected chi connectivity index (χ3v) is 2.58. The van der Waals surface area contributed by atoms with E-state index in [1.54, 1.807) is 0 Å². The zero-order valence-corrected chi connectivity index (χ0v) is 9.38.